The lowest BCUT2D eigenvalue weighted by molar-refractivity contribution is 0.0948. The number of carbonyl (C=O) groups is 1. The molecule has 0 saturated heterocycles. The van der Waals surface area contributed by atoms with E-state index in [1.54, 1.807) is 28.8 Å². The monoisotopic (exact) mass is 287 g/mol. The Morgan fingerprint density at radius 2 is 2.27 bits per heavy atom. The zero-order valence-corrected chi connectivity index (χ0v) is 9.84. The zero-order valence-electron chi connectivity index (χ0n) is 7.50. The van der Waals surface area contributed by atoms with Gasteiger partial charge in [0.15, 0.2) is 0 Å². The van der Waals surface area contributed by atoms with Gasteiger partial charge in [-0.25, -0.2) is 5.84 Å². The summed E-state index contributed by atoms with van der Waals surface area (Å²) in [6, 6.07) is 5.19. The van der Waals surface area contributed by atoms with Crippen molar-refractivity contribution in [3.8, 4) is 0 Å². The summed E-state index contributed by atoms with van der Waals surface area (Å²) in [6.45, 7) is 0. The van der Waals surface area contributed by atoms with Crippen molar-refractivity contribution in [2.24, 2.45) is 5.84 Å². The van der Waals surface area contributed by atoms with Crippen LogP contribution in [0.1, 0.15) is 10.5 Å². The number of hydrogen-bond donors (Lipinski definition) is 2. The average Bonchev–Trinajstić information content (AvgIpc) is 2.60. The molecule has 0 aliphatic rings. The third-order valence-corrected chi connectivity index (χ3v) is 2.78. The van der Waals surface area contributed by atoms with Gasteiger partial charge in [-0.15, -0.1) is 0 Å². The van der Waals surface area contributed by atoms with Crippen LogP contribution in [-0.4, -0.2) is 10.3 Å². The summed E-state index contributed by atoms with van der Waals surface area (Å²) in [5.74, 6) is 4.72. The molecular weight excluding hydrogens is 281 g/mol. The van der Waals surface area contributed by atoms with Gasteiger partial charge in [-0.3, -0.25) is 10.2 Å². The van der Waals surface area contributed by atoms with Gasteiger partial charge in [0.1, 0.15) is 5.69 Å². The molecule has 4 nitrogen and oxygen atoms in total. The third-order valence-electron chi connectivity index (χ3n) is 2.04. The highest BCUT2D eigenvalue weighted by Crippen LogP contribution is 2.24. The number of nitrogen functional groups attached to an aromatic ring is 1. The highest BCUT2D eigenvalue weighted by Gasteiger charge is 2.11. The Balaban J connectivity index is 2.74. The van der Waals surface area contributed by atoms with E-state index in [9.17, 15) is 4.79 Å². The number of pyridine rings is 1. The van der Waals surface area contributed by atoms with Crippen LogP contribution in [0.15, 0.2) is 28.9 Å². The normalized spacial score (nSPS) is 10.6. The summed E-state index contributed by atoms with van der Waals surface area (Å²) in [5, 5.41) is 0.570. The number of rotatable bonds is 1. The summed E-state index contributed by atoms with van der Waals surface area (Å²) in [5.41, 5.74) is 3.28. The van der Waals surface area contributed by atoms with Crippen LogP contribution in [0.4, 0.5) is 0 Å². The molecule has 0 spiro atoms. The van der Waals surface area contributed by atoms with Crippen molar-refractivity contribution >= 4 is 39.0 Å². The molecule has 2 aromatic rings. The number of amides is 1. The Labute approximate surface area is 99.1 Å². The Morgan fingerprint density at radius 3 is 2.93 bits per heavy atom. The van der Waals surface area contributed by atoms with Gasteiger partial charge in [0.05, 0.1) is 10.5 Å². The van der Waals surface area contributed by atoms with Crippen LogP contribution in [0.5, 0.6) is 0 Å². The van der Waals surface area contributed by atoms with Crippen molar-refractivity contribution in [2.45, 2.75) is 0 Å². The Hall–Kier alpha value is -1.04. The minimum Gasteiger partial charge on any atom is -0.310 e. The molecule has 0 fully saturated rings. The first-order valence-electron chi connectivity index (χ1n) is 4.10. The predicted molar refractivity (Wildman–Crippen MR) is 61.8 cm³/mol. The minimum atomic E-state index is -0.357. The maximum Gasteiger partial charge on any atom is 0.282 e. The maximum absolute atomic E-state index is 11.4. The molecule has 0 bridgehead atoms. The number of aromatic nitrogens is 1. The molecule has 78 valence electrons. The molecule has 0 radical (unpaired) electrons. The van der Waals surface area contributed by atoms with Gasteiger partial charge < -0.3 is 4.40 Å². The molecule has 0 unspecified atom stereocenters. The Morgan fingerprint density at radius 1 is 1.53 bits per heavy atom. The second kappa shape index (κ2) is 3.84. The molecule has 0 aliphatic carbocycles. The Bertz CT molecular complexity index is 537. The lowest BCUT2D eigenvalue weighted by atomic mass is 10.4. The van der Waals surface area contributed by atoms with Crippen LogP contribution in [0.3, 0.4) is 0 Å². The first-order chi connectivity index (χ1) is 7.13. The molecule has 0 saturated carbocycles. The fourth-order valence-corrected chi connectivity index (χ4v) is 2.23. The number of halogens is 2. The van der Waals surface area contributed by atoms with E-state index in [2.05, 4.69) is 21.4 Å². The van der Waals surface area contributed by atoms with Crippen molar-refractivity contribution in [1.29, 1.82) is 0 Å². The third kappa shape index (κ3) is 1.73. The molecule has 2 heterocycles. The molecular formula is C9H7BrClN3O. The van der Waals surface area contributed by atoms with Gasteiger partial charge in [0.25, 0.3) is 5.91 Å². The first kappa shape index (κ1) is 10.5. The largest absolute Gasteiger partial charge is 0.310 e. The molecule has 0 aromatic carbocycles. The molecule has 1 amide bonds. The summed E-state index contributed by atoms with van der Waals surface area (Å²) >= 11 is 9.31. The molecule has 0 aliphatic heterocycles. The standard InChI is InChI=1S/C9H7BrClN3O/c10-5-3-6(11)7-1-2-8(9(15)13-12)14(7)4-5/h1-4H,12H2,(H,13,15). The molecule has 6 heteroatoms. The van der Waals surface area contributed by atoms with Crippen molar-refractivity contribution in [3.05, 3.63) is 39.6 Å². The molecule has 3 N–H and O–H groups in total. The number of carbonyl (C=O) groups excluding carboxylic acids is 1. The van der Waals surface area contributed by atoms with Gasteiger partial charge in [-0.1, -0.05) is 11.6 Å². The SMILES string of the molecule is NNC(=O)c1ccc2c(Cl)cc(Br)cn12. The van der Waals surface area contributed by atoms with E-state index in [0.29, 0.717) is 10.7 Å². The number of nitrogens with zero attached hydrogens (tertiary/aromatic N) is 1. The molecule has 2 rings (SSSR count). The van der Waals surface area contributed by atoms with E-state index in [4.69, 9.17) is 17.4 Å². The van der Waals surface area contributed by atoms with Crippen LogP contribution >= 0.6 is 27.5 Å². The summed E-state index contributed by atoms with van der Waals surface area (Å²) in [6.07, 6.45) is 1.76. The van der Waals surface area contributed by atoms with Gasteiger partial charge in [0.2, 0.25) is 0 Å². The van der Waals surface area contributed by atoms with Crippen LogP contribution < -0.4 is 11.3 Å². The van der Waals surface area contributed by atoms with Crippen molar-refractivity contribution in [1.82, 2.24) is 9.83 Å². The highest BCUT2D eigenvalue weighted by atomic mass is 79.9. The number of hydrazine groups is 1. The van der Waals surface area contributed by atoms with Gasteiger partial charge in [-0.2, -0.15) is 0 Å². The summed E-state index contributed by atoms with van der Waals surface area (Å²) in [7, 11) is 0. The number of nitrogens with two attached hydrogens (primary N) is 1. The van der Waals surface area contributed by atoms with Crippen molar-refractivity contribution < 1.29 is 4.79 Å². The quantitative estimate of drug-likeness (QED) is 0.479. The fraction of sp³-hybridized carbons (Fsp3) is 0. The van der Waals surface area contributed by atoms with E-state index in [1.807, 2.05) is 0 Å². The van der Waals surface area contributed by atoms with Gasteiger partial charge in [0, 0.05) is 10.7 Å². The van der Waals surface area contributed by atoms with Crippen LogP contribution in [0.2, 0.25) is 5.02 Å². The maximum atomic E-state index is 11.4. The minimum absolute atomic E-state index is 0.357. The summed E-state index contributed by atoms with van der Waals surface area (Å²) in [4.78, 5) is 11.4. The van der Waals surface area contributed by atoms with Gasteiger partial charge >= 0.3 is 0 Å². The smallest absolute Gasteiger partial charge is 0.282 e. The van der Waals surface area contributed by atoms with E-state index < -0.39 is 0 Å². The van der Waals surface area contributed by atoms with E-state index in [0.717, 1.165) is 9.99 Å². The van der Waals surface area contributed by atoms with Crippen molar-refractivity contribution in [3.63, 3.8) is 0 Å². The number of hydrogen-bond acceptors (Lipinski definition) is 2. The van der Waals surface area contributed by atoms with Crippen molar-refractivity contribution in [2.75, 3.05) is 0 Å². The van der Waals surface area contributed by atoms with Gasteiger partial charge in [-0.05, 0) is 34.1 Å². The number of fused-ring (bicyclic) bond motifs is 1. The van der Waals surface area contributed by atoms with E-state index >= 15 is 0 Å². The lowest BCUT2D eigenvalue weighted by Crippen LogP contribution is -2.30. The average molecular weight is 289 g/mol. The van der Waals surface area contributed by atoms with Crippen LogP contribution in [0, 0.1) is 0 Å². The molecule has 15 heavy (non-hydrogen) atoms. The van der Waals surface area contributed by atoms with Crippen LogP contribution in [0.25, 0.3) is 5.52 Å². The highest BCUT2D eigenvalue weighted by molar-refractivity contribution is 9.10. The second-order valence-corrected chi connectivity index (χ2v) is 4.28. The zero-order chi connectivity index (χ0) is 11.0. The predicted octanol–water partition coefficient (Wildman–Crippen LogP) is 1.96. The Kier molecular flexibility index (Phi) is 2.68. The fourth-order valence-electron chi connectivity index (χ4n) is 1.40. The molecule has 2 aromatic heterocycles. The van der Waals surface area contributed by atoms with E-state index in [1.165, 1.54) is 0 Å². The molecule has 0 atom stereocenters. The first-order valence-corrected chi connectivity index (χ1v) is 5.27. The topological polar surface area (TPSA) is 59.5 Å². The lowest BCUT2D eigenvalue weighted by Gasteiger charge is -2.03. The number of nitrogens with one attached hydrogen (secondary N) is 1. The van der Waals surface area contributed by atoms with Crippen LogP contribution in [-0.2, 0) is 0 Å². The van der Waals surface area contributed by atoms with E-state index in [-0.39, 0.29) is 5.91 Å². The second-order valence-electron chi connectivity index (χ2n) is 2.95. The summed E-state index contributed by atoms with van der Waals surface area (Å²) < 4.78 is 2.47.